The van der Waals surface area contributed by atoms with Crippen molar-refractivity contribution in [3.63, 3.8) is 0 Å². The lowest BCUT2D eigenvalue weighted by atomic mass is 10.1. The van der Waals surface area contributed by atoms with Gasteiger partial charge in [0.2, 0.25) is 0 Å². The summed E-state index contributed by atoms with van der Waals surface area (Å²) in [5.41, 5.74) is 4.66. The summed E-state index contributed by atoms with van der Waals surface area (Å²) >= 11 is 0. The number of primary amides is 1. The number of unbranched alkanes of at least 4 members (excludes halogenated alkanes) is 2. The SMILES string of the molecule is NC(=O)C(F)CCCCCF. The molecule has 0 radical (unpaired) electrons. The van der Waals surface area contributed by atoms with Gasteiger partial charge in [-0.1, -0.05) is 6.42 Å². The van der Waals surface area contributed by atoms with E-state index in [1.807, 2.05) is 0 Å². The maximum atomic E-state index is 12.4. The number of carbonyl (C=O) groups excluding carboxylic acids is 1. The molecule has 0 spiro atoms. The van der Waals surface area contributed by atoms with Crippen molar-refractivity contribution in [2.45, 2.75) is 31.9 Å². The van der Waals surface area contributed by atoms with Gasteiger partial charge in [-0.15, -0.1) is 0 Å². The van der Waals surface area contributed by atoms with E-state index in [9.17, 15) is 13.6 Å². The standard InChI is InChI=1S/C7H13F2NO/c8-5-3-1-2-4-6(9)7(10)11/h6H,1-5H2,(H2,10,11). The number of halogens is 2. The highest BCUT2D eigenvalue weighted by molar-refractivity contribution is 5.78. The van der Waals surface area contributed by atoms with E-state index in [1.54, 1.807) is 0 Å². The van der Waals surface area contributed by atoms with Crippen LogP contribution in [0.25, 0.3) is 0 Å². The third kappa shape index (κ3) is 5.76. The molecule has 1 atom stereocenters. The van der Waals surface area contributed by atoms with Gasteiger partial charge in [-0.25, -0.2) is 4.39 Å². The molecule has 0 aliphatic carbocycles. The van der Waals surface area contributed by atoms with Crippen molar-refractivity contribution in [2.24, 2.45) is 5.73 Å². The van der Waals surface area contributed by atoms with Crippen molar-refractivity contribution in [3.8, 4) is 0 Å². The molecular formula is C7H13F2NO. The summed E-state index contributed by atoms with van der Waals surface area (Å²) in [5.74, 6) is -0.926. The molecule has 0 aromatic carbocycles. The van der Waals surface area contributed by atoms with Crippen LogP contribution in [0.3, 0.4) is 0 Å². The van der Waals surface area contributed by atoms with Crippen LogP contribution in [0.1, 0.15) is 25.7 Å². The average Bonchev–Trinajstić information content (AvgIpc) is 1.97. The molecule has 4 heteroatoms. The van der Waals surface area contributed by atoms with Gasteiger partial charge in [0.25, 0.3) is 5.91 Å². The Balaban J connectivity index is 3.17. The highest BCUT2D eigenvalue weighted by Crippen LogP contribution is 2.06. The second-order valence-electron chi connectivity index (χ2n) is 2.41. The number of nitrogens with two attached hydrogens (primary N) is 1. The van der Waals surface area contributed by atoms with Crippen LogP contribution in [0.4, 0.5) is 8.78 Å². The minimum atomic E-state index is -1.56. The van der Waals surface area contributed by atoms with Gasteiger partial charge in [0.05, 0.1) is 6.67 Å². The van der Waals surface area contributed by atoms with E-state index < -0.39 is 12.1 Å². The molecule has 0 aromatic heterocycles. The first-order chi connectivity index (χ1) is 5.18. The van der Waals surface area contributed by atoms with Crippen LogP contribution in [0, 0.1) is 0 Å². The first-order valence-electron chi connectivity index (χ1n) is 3.68. The fourth-order valence-electron chi connectivity index (χ4n) is 0.737. The molecule has 0 aliphatic rings. The van der Waals surface area contributed by atoms with Crippen LogP contribution < -0.4 is 5.73 Å². The van der Waals surface area contributed by atoms with Crippen LogP contribution in [0.2, 0.25) is 0 Å². The average molecular weight is 165 g/mol. The maximum absolute atomic E-state index is 12.4. The van der Waals surface area contributed by atoms with Gasteiger partial charge in [0.15, 0.2) is 6.17 Å². The highest BCUT2D eigenvalue weighted by Gasteiger charge is 2.11. The van der Waals surface area contributed by atoms with Gasteiger partial charge >= 0.3 is 0 Å². The molecule has 0 fully saturated rings. The molecule has 0 bridgehead atoms. The van der Waals surface area contributed by atoms with Crippen molar-refractivity contribution in [3.05, 3.63) is 0 Å². The zero-order valence-electron chi connectivity index (χ0n) is 6.35. The number of hydrogen-bond donors (Lipinski definition) is 1. The van der Waals surface area contributed by atoms with E-state index in [0.717, 1.165) is 0 Å². The van der Waals surface area contributed by atoms with Gasteiger partial charge in [-0.3, -0.25) is 9.18 Å². The van der Waals surface area contributed by atoms with Crippen LogP contribution in [0.5, 0.6) is 0 Å². The summed E-state index contributed by atoms with van der Waals surface area (Å²) in [4.78, 5) is 10.1. The zero-order valence-corrected chi connectivity index (χ0v) is 6.35. The molecule has 2 N–H and O–H groups in total. The van der Waals surface area contributed by atoms with Crippen molar-refractivity contribution in [1.82, 2.24) is 0 Å². The van der Waals surface area contributed by atoms with Gasteiger partial charge in [-0.2, -0.15) is 0 Å². The highest BCUT2D eigenvalue weighted by atomic mass is 19.1. The maximum Gasteiger partial charge on any atom is 0.251 e. The van der Waals surface area contributed by atoms with E-state index in [0.29, 0.717) is 19.3 Å². The van der Waals surface area contributed by atoms with Crippen molar-refractivity contribution in [2.75, 3.05) is 6.67 Å². The summed E-state index contributed by atoms with van der Waals surface area (Å²) in [6.07, 6.45) is 0.133. The van der Waals surface area contributed by atoms with E-state index in [2.05, 4.69) is 5.73 Å². The van der Waals surface area contributed by atoms with Gasteiger partial charge in [0, 0.05) is 0 Å². The largest absolute Gasteiger partial charge is 0.367 e. The first kappa shape index (κ1) is 10.3. The molecule has 2 nitrogen and oxygen atoms in total. The third-order valence-electron chi connectivity index (χ3n) is 1.40. The molecule has 0 saturated carbocycles. The Morgan fingerprint density at radius 1 is 1.36 bits per heavy atom. The molecule has 1 amide bonds. The van der Waals surface area contributed by atoms with Crippen molar-refractivity contribution < 1.29 is 13.6 Å². The Labute approximate surface area is 64.8 Å². The molecular weight excluding hydrogens is 152 g/mol. The number of hydrogen-bond acceptors (Lipinski definition) is 1. The lowest BCUT2D eigenvalue weighted by Crippen LogP contribution is -2.24. The topological polar surface area (TPSA) is 43.1 Å². The second kappa shape index (κ2) is 6.07. The summed E-state index contributed by atoms with van der Waals surface area (Å²) in [6.45, 7) is -0.381. The van der Waals surface area contributed by atoms with Crippen LogP contribution in [0.15, 0.2) is 0 Å². The number of carbonyl (C=O) groups is 1. The normalized spacial score (nSPS) is 12.9. The Bertz CT molecular complexity index is 119. The van der Waals surface area contributed by atoms with Crippen LogP contribution in [-0.4, -0.2) is 18.8 Å². The molecule has 0 saturated heterocycles. The fourth-order valence-corrected chi connectivity index (χ4v) is 0.737. The zero-order chi connectivity index (χ0) is 8.69. The van der Waals surface area contributed by atoms with Crippen molar-refractivity contribution >= 4 is 5.91 Å². The molecule has 0 heterocycles. The Morgan fingerprint density at radius 3 is 2.45 bits per heavy atom. The second-order valence-corrected chi connectivity index (χ2v) is 2.41. The third-order valence-corrected chi connectivity index (χ3v) is 1.40. The monoisotopic (exact) mass is 165 g/mol. The predicted octanol–water partition coefficient (Wildman–Crippen LogP) is 1.34. The minimum absolute atomic E-state index is 0.120. The van der Waals surface area contributed by atoms with Gasteiger partial charge in [0.1, 0.15) is 0 Å². The summed E-state index contributed by atoms with van der Waals surface area (Å²) in [7, 11) is 0. The lowest BCUT2D eigenvalue weighted by Gasteiger charge is -2.01. The minimum Gasteiger partial charge on any atom is -0.367 e. The lowest BCUT2D eigenvalue weighted by molar-refractivity contribution is -0.122. The van der Waals surface area contributed by atoms with E-state index in [-0.39, 0.29) is 13.1 Å². The summed E-state index contributed by atoms with van der Waals surface area (Å²) in [5, 5.41) is 0. The predicted molar refractivity (Wildman–Crippen MR) is 38.5 cm³/mol. The molecule has 0 rings (SSSR count). The number of rotatable bonds is 6. The Kier molecular flexibility index (Phi) is 5.70. The van der Waals surface area contributed by atoms with E-state index in [4.69, 9.17) is 0 Å². The Hall–Kier alpha value is -0.670. The summed E-state index contributed by atoms with van der Waals surface area (Å²) < 4.78 is 23.9. The number of amides is 1. The van der Waals surface area contributed by atoms with Gasteiger partial charge < -0.3 is 5.73 Å². The van der Waals surface area contributed by atoms with E-state index >= 15 is 0 Å². The van der Waals surface area contributed by atoms with Gasteiger partial charge in [-0.05, 0) is 19.3 Å². The molecule has 1 unspecified atom stereocenters. The molecule has 66 valence electrons. The first-order valence-corrected chi connectivity index (χ1v) is 3.68. The summed E-state index contributed by atoms with van der Waals surface area (Å²) in [6, 6.07) is 0. The smallest absolute Gasteiger partial charge is 0.251 e. The van der Waals surface area contributed by atoms with Crippen molar-refractivity contribution in [1.29, 1.82) is 0 Å². The van der Waals surface area contributed by atoms with Crippen LogP contribution in [-0.2, 0) is 4.79 Å². The number of alkyl halides is 2. The Morgan fingerprint density at radius 2 is 2.00 bits per heavy atom. The molecule has 11 heavy (non-hydrogen) atoms. The fraction of sp³-hybridized carbons (Fsp3) is 0.857. The van der Waals surface area contributed by atoms with E-state index in [1.165, 1.54) is 0 Å². The molecule has 0 aliphatic heterocycles. The van der Waals surface area contributed by atoms with Crippen LogP contribution >= 0.6 is 0 Å². The quantitative estimate of drug-likeness (QED) is 0.593. The molecule has 0 aromatic rings.